The molecule has 0 aliphatic heterocycles. The van der Waals surface area contributed by atoms with Gasteiger partial charge >= 0.3 is 0 Å². The molecule has 0 spiro atoms. The number of anilines is 1. The van der Waals surface area contributed by atoms with Crippen molar-refractivity contribution in [3.05, 3.63) is 60.2 Å². The van der Waals surface area contributed by atoms with Gasteiger partial charge in [-0.25, -0.2) is 4.39 Å². The SMILES string of the molecule is CC(=O)c1ccc[n+]([C@H](C)C(=O)Nc2ccc(F)cc2)c1. The van der Waals surface area contributed by atoms with Gasteiger partial charge in [-0.1, -0.05) is 0 Å². The van der Waals surface area contributed by atoms with Crippen LogP contribution < -0.4 is 9.88 Å². The van der Waals surface area contributed by atoms with Crippen molar-refractivity contribution >= 4 is 17.4 Å². The number of nitrogens with one attached hydrogen (secondary N) is 1. The fraction of sp³-hybridized carbons (Fsp3) is 0.188. The second-order valence-electron chi connectivity index (χ2n) is 4.77. The molecule has 0 saturated carbocycles. The fourth-order valence-corrected chi connectivity index (χ4v) is 1.86. The Labute approximate surface area is 122 Å². The van der Waals surface area contributed by atoms with Crippen LogP contribution in [0.2, 0.25) is 0 Å². The smallest absolute Gasteiger partial charge is 0.293 e. The van der Waals surface area contributed by atoms with E-state index in [2.05, 4.69) is 5.32 Å². The fourth-order valence-electron chi connectivity index (χ4n) is 1.86. The lowest BCUT2D eigenvalue weighted by Crippen LogP contribution is -2.44. The van der Waals surface area contributed by atoms with Gasteiger partial charge in [-0.3, -0.25) is 9.59 Å². The molecule has 1 N–H and O–H groups in total. The van der Waals surface area contributed by atoms with Gasteiger partial charge in [0.1, 0.15) is 5.82 Å². The van der Waals surface area contributed by atoms with E-state index in [4.69, 9.17) is 0 Å². The quantitative estimate of drug-likeness (QED) is 0.694. The number of rotatable bonds is 4. The van der Waals surface area contributed by atoms with Crippen molar-refractivity contribution < 1.29 is 18.5 Å². The van der Waals surface area contributed by atoms with E-state index in [0.29, 0.717) is 11.3 Å². The maximum atomic E-state index is 12.8. The van der Waals surface area contributed by atoms with E-state index >= 15 is 0 Å². The number of hydrogen-bond acceptors (Lipinski definition) is 2. The molecule has 2 rings (SSSR count). The minimum Gasteiger partial charge on any atom is -0.320 e. The Balaban J connectivity index is 2.13. The highest BCUT2D eigenvalue weighted by Crippen LogP contribution is 2.10. The molecule has 1 aromatic heterocycles. The average Bonchev–Trinajstić information content (AvgIpc) is 2.49. The lowest BCUT2D eigenvalue weighted by Gasteiger charge is -2.09. The number of hydrogen-bond donors (Lipinski definition) is 1. The second-order valence-corrected chi connectivity index (χ2v) is 4.77. The lowest BCUT2D eigenvalue weighted by molar-refractivity contribution is -0.705. The summed E-state index contributed by atoms with van der Waals surface area (Å²) in [5.74, 6) is -0.660. The van der Waals surface area contributed by atoms with E-state index in [1.54, 1.807) is 36.0 Å². The molecule has 2 aromatic rings. The first-order chi connectivity index (χ1) is 9.97. The predicted octanol–water partition coefficient (Wildman–Crippen LogP) is 2.52. The second kappa shape index (κ2) is 6.26. The number of Topliss-reactive ketones (excluding diaryl/α,β-unsaturated/α-hetero) is 1. The lowest BCUT2D eigenvalue weighted by atomic mass is 10.2. The Morgan fingerprint density at radius 2 is 1.86 bits per heavy atom. The van der Waals surface area contributed by atoms with Crippen molar-refractivity contribution in [3.63, 3.8) is 0 Å². The minimum absolute atomic E-state index is 0.0597. The van der Waals surface area contributed by atoms with Crippen LogP contribution in [0.15, 0.2) is 48.8 Å². The van der Waals surface area contributed by atoms with Gasteiger partial charge in [0.2, 0.25) is 6.04 Å². The third kappa shape index (κ3) is 3.72. The summed E-state index contributed by atoms with van der Waals surface area (Å²) in [6.45, 7) is 3.20. The monoisotopic (exact) mass is 287 g/mol. The van der Waals surface area contributed by atoms with Crippen LogP contribution >= 0.6 is 0 Å². The van der Waals surface area contributed by atoms with Crippen LogP contribution in [0, 0.1) is 5.82 Å². The van der Waals surface area contributed by atoms with Gasteiger partial charge in [0.25, 0.3) is 5.91 Å². The standard InChI is InChI=1S/C16H15FN2O2/c1-11(19-9-3-4-13(10-19)12(2)20)16(21)18-15-7-5-14(17)6-8-15/h3-11H,1-2H3/p+1/t11-/m1/s1. The molecule has 0 radical (unpaired) electrons. The largest absolute Gasteiger partial charge is 0.320 e. The third-order valence-corrected chi connectivity index (χ3v) is 3.17. The zero-order valence-corrected chi connectivity index (χ0v) is 11.8. The summed E-state index contributed by atoms with van der Waals surface area (Å²) in [5, 5.41) is 2.70. The van der Waals surface area contributed by atoms with E-state index in [1.165, 1.54) is 31.2 Å². The molecular formula is C16H16FN2O2+. The summed E-state index contributed by atoms with van der Waals surface area (Å²) in [6, 6.07) is 8.48. The van der Waals surface area contributed by atoms with Crippen molar-refractivity contribution in [2.24, 2.45) is 0 Å². The molecule has 21 heavy (non-hydrogen) atoms. The highest BCUT2D eigenvalue weighted by atomic mass is 19.1. The topological polar surface area (TPSA) is 50.0 Å². The molecule has 0 bridgehead atoms. The molecule has 5 heteroatoms. The first-order valence-corrected chi connectivity index (χ1v) is 6.55. The van der Waals surface area contributed by atoms with Crippen LogP contribution in [0.3, 0.4) is 0 Å². The van der Waals surface area contributed by atoms with Crippen molar-refractivity contribution in [2.75, 3.05) is 5.32 Å². The highest BCUT2D eigenvalue weighted by molar-refractivity contribution is 5.94. The number of carbonyl (C=O) groups excluding carboxylic acids is 2. The van der Waals surface area contributed by atoms with E-state index < -0.39 is 6.04 Å². The maximum Gasteiger partial charge on any atom is 0.293 e. The normalized spacial score (nSPS) is 11.8. The van der Waals surface area contributed by atoms with E-state index in [0.717, 1.165) is 0 Å². The summed E-state index contributed by atoms with van der Waals surface area (Å²) in [6.07, 6.45) is 3.36. The molecule has 0 aliphatic rings. The minimum atomic E-state index is -0.491. The van der Waals surface area contributed by atoms with Gasteiger partial charge in [-0.15, -0.1) is 0 Å². The van der Waals surface area contributed by atoms with Gasteiger partial charge in [-0.2, -0.15) is 4.57 Å². The molecule has 0 fully saturated rings. The van der Waals surface area contributed by atoms with Crippen LogP contribution in [0.5, 0.6) is 0 Å². The first kappa shape index (κ1) is 14.8. The molecule has 0 aliphatic carbocycles. The molecule has 1 aromatic carbocycles. The zero-order chi connectivity index (χ0) is 15.4. The predicted molar refractivity (Wildman–Crippen MR) is 76.4 cm³/mol. The zero-order valence-electron chi connectivity index (χ0n) is 11.8. The van der Waals surface area contributed by atoms with E-state index in [-0.39, 0.29) is 17.5 Å². The van der Waals surface area contributed by atoms with Gasteiger partial charge in [0, 0.05) is 18.7 Å². The number of pyridine rings is 1. The summed E-state index contributed by atoms with van der Waals surface area (Å²) in [4.78, 5) is 23.5. The number of benzene rings is 1. The van der Waals surface area contributed by atoms with Crippen molar-refractivity contribution in [1.82, 2.24) is 0 Å². The molecule has 1 atom stereocenters. The van der Waals surface area contributed by atoms with Gasteiger partial charge in [0.05, 0.1) is 5.56 Å². The van der Waals surface area contributed by atoms with Crippen molar-refractivity contribution in [2.45, 2.75) is 19.9 Å². The van der Waals surface area contributed by atoms with Crippen LogP contribution in [0.1, 0.15) is 30.2 Å². The van der Waals surface area contributed by atoms with Crippen LogP contribution in [0.25, 0.3) is 0 Å². The van der Waals surface area contributed by atoms with Gasteiger partial charge in [-0.05, 0) is 37.3 Å². The summed E-state index contributed by atoms with van der Waals surface area (Å²) in [7, 11) is 0. The molecule has 1 heterocycles. The number of amides is 1. The summed E-state index contributed by atoms with van der Waals surface area (Å²) < 4.78 is 14.5. The number of ketones is 1. The Kier molecular flexibility index (Phi) is 4.42. The molecular weight excluding hydrogens is 271 g/mol. The van der Waals surface area contributed by atoms with E-state index in [9.17, 15) is 14.0 Å². The Bertz CT molecular complexity index is 668. The van der Waals surface area contributed by atoms with Gasteiger partial charge in [0.15, 0.2) is 18.2 Å². The Morgan fingerprint density at radius 1 is 1.19 bits per heavy atom. The Morgan fingerprint density at radius 3 is 2.48 bits per heavy atom. The number of aromatic nitrogens is 1. The van der Waals surface area contributed by atoms with Crippen LogP contribution in [0.4, 0.5) is 10.1 Å². The highest BCUT2D eigenvalue weighted by Gasteiger charge is 2.22. The number of halogens is 1. The number of nitrogens with zero attached hydrogens (tertiary/aromatic N) is 1. The van der Waals surface area contributed by atoms with Crippen molar-refractivity contribution in [1.29, 1.82) is 0 Å². The number of carbonyl (C=O) groups is 2. The summed E-state index contributed by atoms with van der Waals surface area (Å²) in [5.41, 5.74) is 1.07. The van der Waals surface area contributed by atoms with Crippen LogP contribution in [-0.2, 0) is 4.79 Å². The molecule has 1 amide bonds. The van der Waals surface area contributed by atoms with Crippen LogP contribution in [-0.4, -0.2) is 11.7 Å². The maximum absolute atomic E-state index is 12.8. The van der Waals surface area contributed by atoms with E-state index in [1.807, 2.05) is 0 Å². The first-order valence-electron chi connectivity index (χ1n) is 6.55. The summed E-state index contributed by atoms with van der Waals surface area (Å²) >= 11 is 0. The third-order valence-electron chi connectivity index (χ3n) is 3.17. The molecule has 4 nitrogen and oxygen atoms in total. The molecule has 0 unspecified atom stereocenters. The Hall–Kier alpha value is -2.56. The van der Waals surface area contributed by atoms with Crippen molar-refractivity contribution in [3.8, 4) is 0 Å². The molecule has 108 valence electrons. The average molecular weight is 287 g/mol. The van der Waals surface area contributed by atoms with Gasteiger partial charge < -0.3 is 5.32 Å². The molecule has 0 saturated heterocycles.